The summed E-state index contributed by atoms with van der Waals surface area (Å²) in [7, 11) is 7.75. The summed E-state index contributed by atoms with van der Waals surface area (Å²) in [4.78, 5) is 3.57. The Balaban J connectivity index is 1.52. The molecule has 0 saturated carbocycles. The zero-order valence-electron chi connectivity index (χ0n) is 17.0. The average molecular weight is 424 g/mol. The van der Waals surface area contributed by atoms with E-state index in [9.17, 15) is 0 Å². The van der Waals surface area contributed by atoms with Gasteiger partial charge in [-0.2, -0.15) is 4.57 Å². The predicted octanol–water partition coefficient (Wildman–Crippen LogP) is 5.37. The molecule has 2 aromatic carbocycles. The molecule has 29 heavy (non-hydrogen) atoms. The van der Waals surface area contributed by atoms with Crippen molar-refractivity contribution in [2.75, 3.05) is 26.2 Å². The lowest BCUT2D eigenvalue weighted by molar-refractivity contribution is -0.642. The number of nitrogens with zero attached hydrogens (tertiary/aromatic N) is 2. The minimum Gasteiger partial charge on any atom is -0.497 e. The maximum absolute atomic E-state index is 5.40. The van der Waals surface area contributed by atoms with E-state index >= 15 is 0 Å². The van der Waals surface area contributed by atoms with E-state index in [4.69, 9.17) is 9.47 Å². The summed E-state index contributed by atoms with van der Waals surface area (Å²) < 4.78 is 14.4. The van der Waals surface area contributed by atoms with E-state index in [1.807, 2.05) is 35.2 Å². The minimum atomic E-state index is 0.909. The Bertz CT molecular complexity index is 1190. The minimum absolute atomic E-state index is 0.909. The third-order valence-corrected chi connectivity index (χ3v) is 8.19. The molecule has 148 valence electrons. The second kappa shape index (κ2) is 7.11. The van der Waals surface area contributed by atoms with Crippen LogP contribution < -0.4 is 18.9 Å². The van der Waals surface area contributed by atoms with Gasteiger partial charge in [-0.15, -0.1) is 0 Å². The fourth-order valence-electron chi connectivity index (χ4n) is 4.05. The monoisotopic (exact) mass is 423 g/mol. The van der Waals surface area contributed by atoms with Gasteiger partial charge in [-0.3, -0.25) is 0 Å². The number of hydrogen-bond acceptors (Lipinski definition) is 5. The number of aromatic nitrogens is 1. The van der Waals surface area contributed by atoms with Crippen molar-refractivity contribution in [1.29, 1.82) is 0 Å². The zero-order valence-corrected chi connectivity index (χ0v) is 18.6. The number of fused-ring (bicyclic) bond motifs is 2. The number of rotatable bonds is 3. The highest BCUT2D eigenvalue weighted by Gasteiger charge is 2.29. The van der Waals surface area contributed by atoms with Gasteiger partial charge in [-0.05, 0) is 48.8 Å². The second-order valence-corrected chi connectivity index (χ2v) is 9.36. The molecule has 0 saturated heterocycles. The number of methoxy groups -OCH3 is 2. The molecular weight excluding hydrogens is 400 g/mol. The Morgan fingerprint density at radius 3 is 2.55 bits per heavy atom. The van der Waals surface area contributed by atoms with E-state index < -0.39 is 0 Å². The van der Waals surface area contributed by atoms with Crippen molar-refractivity contribution < 1.29 is 14.0 Å². The number of thiazole rings is 1. The summed E-state index contributed by atoms with van der Waals surface area (Å²) in [5.41, 5.74) is 5.33. The van der Waals surface area contributed by atoms with Crippen molar-refractivity contribution in [3.05, 3.63) is 58.1 Å². The number of aryl methyl sites for hydroxylation is 1. The molecule has 0 bridgehead atoms. The van der Waals surface area contributed by atoms with Crippen LogP contribution in [0.15, 0.2) is 58.0 Å². The van der Waals surface area contributed by atoms with Gasteiger partial charge in [0.05, 0.1) is 24.9 Å². The van der Waals surface area contributed by atoms with Gasteiger partial charge in [0.25, 0.3) is 5.01 Å². The Kier molecular flexibility index (Phi) is 4.56. The summed E-state index contributed by atoms with van der Waals surface area (Å²) >= 11 is 3.69. The standard InChI is InChI=1S/C23H23N2O2S2/c1-24-18-9-7-16(26-3)12-20(18)28-22(24)14-5-6-15(11-14)23-25(2)19-10-8-17(27-4)13-21(19)29-23/h7-13H,5-6H2,1-4H3/q+1. The highest BCUT2D eigenvalue weighted by molar-refractivity contribution is 8.03. The first-order valence-corrected chi connectivity index (χ1v) is 11.2. The molecule has 0 radical (unpaired) electrons. The zero-order chi connectivity index (χ0) is 20.1. The van der Waals surface area contributed by atoms with E-state index in [1.165, 1.54) is 42.0 Å². The first-order chi connectivity index (χ1) is 14.1. The number of ether oxygens (including phenoxy) is 2. The Hall–Kier alpha value is -2.44. The molecule has 0 N–H and O–H groups in total. The van der Waals surface area contributed by atoms with Crippen LogP contribution in [0.3, 0.4) is 0 Å². The summed E-state index contributed by atoms with van der Waals surface area (Å²) in [6, 6.07) is 12.6. The van der Waals surface area contributed by atoms with E-state index in [0.717, 1.165) is 24.3 Å². The molecule has 1 aliphatic heterocycles. The smallest absolute Gasteiger partial charge is 0.265 e. The van der Waals surface area contributed by atoms with Crippen LogP contribution >= 0.6 is 23.1 Å². The van der Waals surface area contributed by atoms with Crippen molar-refractivity contribution in [2.24, 2.45) is 7.05 Å². The molecule has 3 aromatic rings. The maximum Gasteiger partial charge on any atom is 0.265 e. The second-order valence-electron chi connectivity index (χ2n) is 7.29. The number of hydrogen-bond donors (Lipinski definition) is 0. The molecular formula is C23H23N2O2S2+. The van der Waals surface area contributed by atoms with Crippen LogP contribution in [-0.2, 0) is 7.05 Å². The van der Waals surface area contributed by atoms with Gasteiger partial charge in [-0.25, -0.2) is 0 Å². The van der Waals surface area contributed by atoms with Crippen LogP contribution in [-0.4, -0.2) is 21.3 Å². The lowest BCUT2D eigenvalue weighted by Gasteiger charge is -2.15. The Morgan fingerprint density at radius 1 is 1.00 bits per heavy atom. The van der Waals surface area contributed by atoms with Crippen LogP contribution in [0.25, 0.3) is 15.8 Å². The quantitative estimate of drug-likeness (QED) is 0.529. The molecule has 2 aliphatic rings. The first-order valence-electron chi connectivity index (χ1n) is 9.59. The Labute approximate surface area is 179 Å². The average Bonchev–Trinajstić information content (AvgIpc) is 3.43. The van der Waals surface area contributed by atoms with Crippen LogP contribution in [0.5, 0.6) is 11.5 Å². The normalized spacial score (nSPS) is 18.3. The van der Waals surface area contributed by atoms with E-state index in [-0.39, 0.29) is 0 Å². The third kappa shape index (κ3) is 3.02. The van der Waals surface area contributed by atoms with Crippen LogP contribution in [0, 0.1) is 0 Å². The molecule has 5 rings (SSSR count). The summed E-state index contributed by atoms with van der Waals surface area (Å²) in [6.45, 7) is 0. The van der Waals surface area contributed by atoms with Crippen molar-refractivity contribution in [3.8, 4) is 11.5 Å². The number of thioether (sulfide) groups is 1. The molecule has 1 aliphatic carbocycles. The molecule has 0 amide bonds. The molecule has 0 atom stereocenters. The fourth-order valence-corrected chi connectivity index (χ4v) is 6.49. The summed E-state index contributed by atoms with van der Waals surface area (Å²) in [5.74, 6) is 1.82. The molecule has 6 heteroatoms. The van der Waals surface area contributed by atoms with Gasteiger partial charge in [0.15, 0.2) is 0 Å². The van der Waals surface area contributed by atoms with Crippen LogP contribution in [0.4, 0.5) is 5.69 Å². The third-order valence-electron chi connectivity index (χ3n) is 5.64. The van der Waals surface area contributed by atoms with Gasteiger partial charge in [0.2, 0.25) is 5.52 Å². The molecule has 4 nitrogen and oxygen atoms in total. The van der Waals surface area contributed by atoms with E-state index in [1.54, 1.807) is 14.2 Å². The van der Waals surface area contributed by atoms with Crippen molar-refractivity contribution in [3.63, 3.8) is 0 Å². The topological polar surface area (TPSA) is 25.6 Å². The van der Waals surface area contributed by atoms with Gasteiger partial charge < -0.3 is 14.4 Å². The highest BCUT2D eigenvalue weighted by Crippen LogP contribution is 2.50. The van der Waals surface area contributed by atoms with Crippen LogP contribution in [0.1, 0.15) is 17.8 Å². The van der Waals surface area contributed by atoms with Crippen molar-refractivity contribution in [1.82, 2.24) is 0 Å². The van der Waals surface area contributed by atoms with Crippen LogP contribution in [0.2, 0.25) is 0 Å². The lowest BCUT2D eigenvalue weighted by atomic mass is 10.2. The SMILES string of the molecule is COc1ccc2c(c1)S/C(=C1\C=C(c3sc4cc(OC)ccc4[n+]3C)CC1)N2C. The lowest BCUT2D eigenvalue weighted by Crippen LogP contribution is -2.30. The maximum atomic E-state index is 5.40. The number of allylic oxidation sites excluding steroid dienone is 3. The van der Waals surface area contributed by atoms with E-state index in [0.29, 0.717) is 0 Å². The van der Waals surface area contributed by atoms with E-state index in [2.05, 4.69) is 53.9 Å². The molecule has 2 heterocycles. The predicted molar refractivity (Wildman–Crippen MR) is 121 cm³/mol. The molecule has 0 spiro atoms. The first kappa shape index (κ1) is 18.6. The van der Waals surface area contributed by atoms with Gasteiger partial charge >= 0.3 is 0 Å². The highest BCUT2D eigenvalue weighted by atomic mass is 32.2. The van der Waals surface area contributed by atoms with Crippen molar-refractivity contribution >= 4 is 44.6 Å². The van der Waals surface area contributed by atoms with Gasteiger partial charge in [0.1, 0.15) is 23.2 Å². The van der Waals surface area contributed by atoms with Crippen molar-refractivity contribution in [2.45, 2.75) is 17.7 Å². The summed E-state index contributed by atoms with van der Waals surface area (Å²) in [5, 5.41) is 2.65. The molecule has 1 aromatic heterocycles. The summed E-state index contributed by atoms with van der Waals surface area (Å²) in [6.07, 6.45) is 4.54. The fraction of sp³-hybridized carbons (Fsp3) is 0.261. The number of anilines is 1. The Morgan fingerprint density at radius 2 is 1.76 bits per heavy atom. The number of benzene rings is 2. The molecule has 0 unspecified atom stereocenters. The largest absolute Gasteiger partial charge is 0.497 e. The molecule has 0 fully saturated rings. The van der Waals surface area contributed by atoms with Gasteiger partial charge in [-0.1, -0.05) is 23.1 Å². The van der Waals surface area contributed by atoms with Gasteiger partial charge in [0, 0.05) is 29.6 Å².